The summed E-state index contributed by atoms with van der Waals surface area (Å²) >= 11 is 0. The minimum absolute atomic E-state index is 0.379. The van der Waals surface area contributed by atoms with Gasteiger partial charge < -0.3 is 5.32 Å². The first kappa shape index (κ1) is 15.2. The lowest BCUT2D eigenvalue weighted by Gasteiger charge is -2.51. The van der Waals surface area contributed by atoms with E-state index in [4.69, 9.17) is 0 Å². The molecule has 0 amide bonds. The van der Waals surface area contributed by atoms with Gasteiger partial charge in [0.05, 0.1) is 11.7 Å². The van der Waals surface area contributed by atoms with Gasteiger partial charge in [0.25, 0.3) is 0 Å². The molecule has 0 radical (unpaired) electrons. The molecule has 2 N–H and O–H groups in total. The monoisotopic (exact) mass is 311 g/mol. The van der Waals surface area contributed by atoms with Crippen LogP contribution in [0.3, 0.4) is 0 Å². The average molecular weight is 311 g/mol. The van der Waals surface area contributed by atoms with Crippen LogP contribution in [0.4, 0.5) is 0 Å². The van der Waals surface area contributed by atoms with Crippen LogP contribution in [0.15, 0.2) is 24.4 Å². The Bertz CT molecular complexity index is 672. The SMILES string of the molecule is CCC1CC2CC(C)CC(NCc3ccc4cn[nH]c4c3)(C1)C2. The van der Waals surface area contributed by atoms with Crippen LogP contribution in [-0.4, -0.2) is 15.7 Å². The fourth-order valence-corrected chi connectivity index (χ4v) is 5.40. The molecule has 1 aromatic heterocycles. The number of benzene rings is 1. The topological polar surface area (TPSA) is 40.7 Å². The van der Waals surface area contributed by atoms with Crippen molar-refractivity contribution in [2.75, 3.05) is 0 Å². The number of aromatic nitrogens is 2. The Morgan fingerprint density at radius 1 is 1.26 bits per heavy atom. The molecule has 4 rings (SSSR count). The summed E-state index contributed by atoms with van der Waals surface area (Å²) in [7, 11) is 0. The van der Waals surface area contributed by atoms with E-state index in [0.29, 0.717) is 5.54 Å². The predicted octanol–water partition coefficient (Wildman–Crippen LogP) is 4.65. The van der Waals surface area contributed by atoms with Crippen LogP contribution >= 0.6 is 0 Å². The molecule has 2 saturated carbocycles. The summed E-state index contributed by atoms with van der Waals surface area (Å²) in [5, 5.41) is 12.4. The first-order valence-electron chi connectivity index (χ1n) is 9.33. The summed E-state index contributed by atoms with van der Waals surface area (Å²) in [6.45, 7) is 5.80. The largest absolute Gasteiger partial charge is 0.307 e. The van der Waals surface area contributed by atoms with Crippen molar-refractivity contribution >= 4 is 10.9 Å². The van der Waals surface area contributed by atoms with E-state index in [1.165, 1.54) is 49.5 Å². The molecule has 2 aliphatic rings. The van der Waals surface area contributed by atoms with Gasteiger partial charge >= 0.3 is 0 Å². The van der Waals surface area contributed by atoms with E-state index in [1.807, 2.05) is 6.20 Å². The maximum atomic E-state index is 4.13. The molecule has 0 spiro atoms. The molecule has 4 atom stereocenters. The predicted molar refractivity (Wildman–Crippen MR) is 95.2 cm³/mol. The van der Waals surface area contributed by atoms with Crippen LogP contribution in [-0.2, 0) is 6.54 Å². The highest BCUT2D eigenvalue weighted by Crippen LogP contribution is 2.48. The number of nitrogens with zero attached hydrogens (tertiary/aromatic N) is 1. The van der Waals surface area contributed by atoms with Crippen LogP contribution < -0.4 is 5.32 Å². The zero-order valence-corrected chi connectivity index (χ0v) is 14.4. The quantitative estimate of drug-likeness (QED) is 0.863. The van der Waals surface area contributed by atoms with Crippen molar-refractivity contribution in [1.29, 1.82) is 0 Å². The van der Waals surface area contributed by atoms with Crippen LogP contribution in [0.2, 0.25) is 0 Å². The first-order chi connectivity index (χ1) is 11.2. The molecule has 0 saturated heterocycles. The number of hydrogen-bond acceptors (Lipinski definition) is 2. The Morgan fingerprint density at radius 3 is 3.04 bits per heavy atom. The van der Waals surface area contributed by atoms with E-state index in [2.05, 4.69) is 47.6 Å². The number of rotatable bonds is 4. The lowest BCUT2D eigenvalue weighted by molar-refractivity contribution is 0.0475. The third kappa shape index (κ3) is 3.03. The van der Waals surface area contributed by atoms with Gasteiger partial charge in [-0.25, -0.2) is 0 Å². The van der Waals surface area contributed by atoms with E-state index >= 15 is 0 Å². The highest BCUT2D eigenvalue weighted by molar-refractivity contribution is 5.78. The average Bonchev–Trinajstić information content (AvgIpc) is 2.99. The van der Waals surface area contributed by atoms with E-state index in [0.717, 1.165) is 29.8 Å². The highest BCUT2D eigenvalue weighted by Gasteiger charge is 2.44. The summed E-state index contributed by atoms with van der Waals surface area (Å²) in [6, 6.07) is 6.66. The normalized spacial score (nSPS) is 33.9. The Balaban J connectivity index is 1.51. The molecule has 2 bridgehead atoms. The maximum absolute atomic E-state index is 4.13. The van der Waals surface area contributed by atoms with E-state index in [9.17, 15) is 0 Å². The van der Waals surface area contributed by atoms with Gasteiger partial charge in [0.2, 0.25) is 0 Å². The fraction of sp³-hybridized carbons (Fsp3) is 0.650. The first-order valence-corrected chi connectivity index (χ1v) is 9.33. The second-order valence-corrected chi connectivity index (χ2v) is 8.25. The van der Waals surface area contributed by atoms with Gasteiger partial charge in [0.1, 0.15) is 0 Å². The Hall–Kier alpha value is -1.35. The molecule has 0 aliphatic heterocycles. The number of aromatic amines is 1. The van der Waals surface area contributed by atoms with Crippen molar-refractivity contribution in [3.63, 3.8) is 0 Å². The summed E-state index contributed by atoms with van der Waals surface area (Å²) in [5.41, 5.74) is 2.89. The number of H-pyrrole nitrogens is 1. The second kappa shape index (κ2) is 5.94. The molecule has 2 fully saturated rings. The molecule has 1 aromatic carbocycles. The van der Waals surface area contributed by atoms with Crippen LogP contribution in [0.5, 0.6) is 0 Å². The Labute approximate surface area is 139 Å². The van der Waals surface area contributed by atoms with E-state index in [-0.39, 0.29) is 0 Å². The molecule has 3 heteroatoms. The van der Waals surface area contributed by atoms with Gasteiger partial charge in [-0.2, -0.15) is 5.10 Å². The van der Waals surface area contributed by atoms with Gasteiger partial charge in [-0.3, -0.25) is 5.10 Å². The van der Waals surface area contributed by atoms with Crippen molar-refractivity contribution in [1.82, 2.24) is 15.5 Å². The van der Waals surface area contributed by atoms with Crippen molar-refractivity contribution in [3.05, 3.63) is 30.0 Å². The smallest absolute Gasteiger partial charge is 0.0653 e. The van der Waals surface area contributed by atoms with Crippen molar-refractivity contribution in [2.24, 2.45) is 17.8 Å². The second-order valence-electron chi connectivity index (χ2n) is 8.25. The Morgan fingerprint density at radius 2 is 2.17 bits per heavy atom. The Kier molecular flexibility index (Phi) is 3.92. The fourth-order valence-electron chi connectivity index (χ4n) is 5.40. The molecular weight excluding hydrogens is 282 g/mol. The molecule has 4 unspecified atom stereocenters. The number of nitrogens with one attached hydrogen (secondary N) is 2. The zero-order chi connectivity index (χ0) is 15.9. The minimum atomic E-state index is 0.379. The van der Waals surface area contributed by atoms with E-state index in [1.54, 1.807) is 0 Å². The molecule has 23 heavy (non-hydrogen) atoms. The highest BCUT2D eigenvalue weighted by atomic mass is 15.1. The maximum Gasteiger partial charge on any atom is 0.0653 e. The summed E-state index contributed by atoms with van der Waals surface area (Å²) < 4.78 is 0. The van der Waals surface area contributed by atoms with Gasteiger partial charge in [0.15, 0.2) is 0 Å². The van der Waals surface area contributed by atoms with Gasteiger partial charge in [-0.15, -0.1) is 0 Å². The number of fused-ring (bicyclic) bond motifs is 3. The summed E-state index contributed by atoms with van der Waals surface area (Å²) in [4.78, 5) is 0. The number of hydrogen-bond donors (Lipinski definition) is 2. The van der Waals surface area contributed by atoms with Crippen molar-refractivity contribution in [3.8, 4) is 0 Å². The third-order valence-electron chi connectivity index (χ3n) is 6.25. The lowest BCUT2D eigenvalue weighted by Crippen LogP contribution is -2.54. The summed E-state index contributed by atoms with van der Waals surface area (Å²) in [6.07, 6.45) is 10.3. The standard InChI is InChI=1S/C20H29N3/c1-3-15-7-17-6-14(2)9-20(10-15,11-17)21-12-16-4-5-18-13-22-23-19(18)8-16/h4-5,8,13-15,17,21H,3,6-7,9-12H2,1-2H3,(H,22,23). The zero-order valence-electron chi connectivity index (χ0n) is 14.4. The van der Waals surface area contributed by atoms with Crippen LogP contribution in [0.25, 0.3) is 10.9 Å². The third-order valence-corrected chi connectivity index (χ3v) is 6.25. The molecule has 124 valence electrons. The molecule has 1 heterocycles. The van der Waals surface area contributed by atoms with Gasteiger partial charge in [-0.05, 0) is 61.5 Å². The van der Waals surface area contributed by atoms with Crippen molar-refractivity contribution in [2.45, 2.75) is 64.5 Å². The van der Waals surface area contributed by atoms with Crippen LogP contribution in [0.1, 0.15) is 57.9 Å². The van der Waals surface area contributed by atoms with Crippen molar-refractivity contribution < 1.29 is 0 Å². The molecule has 2 aromatic rings. The summed E-state index contributed by atoms with van der Waals surface area (Å²) in [5.74, 6) is 2.73. The van der Waals surface area contributed by atoms with Crippen LogP contribution in [0, 0.1) is 17.8 Å². The lowest BCUT2D eigenvalue weighted by atomic mass is 9.60. The van der Waals surface area contributed by atoms with Gasteiger partial charge in [0, 0.05) is 17.5 Å². The van der Waals surface area contributed by atoms with Gasteiger partial charge in [-0.1, -0.05) is 32.4 Å². The molecule has 2 aliphatic carbocycles. The van der Waals surface area contributed by atoms with E-state index < -0.39 is 0 Å². The minimum Gasteiger partial charge on any atom is -0.307 e. The molecule has 3 nitrogen and oxygen atoms in total. The molecular formula is C20H29N3.